The van der Waals surface area contributed by atoms with Crippen LogP contribution >= 0.6 is 0 Å². The van der Waals surface area contributed by atoms with Gasteiger partial charge in [0.15, 0.2) is 0 Å². The summed E-state index contributed by atoms with van der Waals surface area (Å²) in [6.45, 7) is 0.781. The lowest BCUT2D eigenvalue weighted by molar-refractivity contribution is -0.123. The molecular weight excluding hydrogens is 270 g/mol. The van der Waals surface area contributed by atoms with Gasteiger partial charge in [0.1, 0.15) is 5.69 Å². The largest absolute Gasteiger partial charge is 0.336 e. The molecule has 1 aliphatic rings. The summed E-state index contributed by atoms with van der Waals surface area (Å²) in [5, 5.41) is 2.78. The number of nitrogens with zero attached hydrogens (tertiary/aromatic N) is 4. The molecule has 7 heteroatoms. The molecule has 0 unspecified atom stereocenters. The first-order valence-corrected chi connectivity index (χ1v) is 6.50. The molecule has 106 valence electrons. The van der Waals surface area contributed by atoms with Crippen LogP contribution in [0.3, 0.4) is 0 Å². The van der Waals surface area contributed by atoms with Crippen molar-refractivity contribution < 1.29 is 9.59 Å². The van der Waals surface area contributed by atoms with Crippen molar-refractivity contribution in [2.45, 2.75) is 0 Å². The van der Waals surface area contributed by atoms with E-state index < -0.39 is 0 Å². The number of amides is 2. The average molecular weight is 283 g/mol. The molecule has 0 radical (unpaired) electrons. The number of carbonyl (C=O) groups is 2. The standard InChI is InChI=1S/C14H13N5O2/c20-13(18-11-2-1-3-15-6-11)10-8-19(9-10)14(21)12-7-16-4-5-17-12/h1-7,10H,8-9H2,(H,18,20). The van der Waals surface area contributed by atoms with Crippen molar-refractivity contribution >= 4 is 17.5 Å². The third-order valence-electron chi connectivity index (χ3n) is 3.25. The molecule has 1 saturated heterocycles. The van der Waals surface area contributed by atoms with E-state index in [0.717, 1.165) is 0 Å². The summed E-state index contributed by atoms with van der Waals surface area (Å²) in [5.74, 6) is -0.509. The summed E-state index contributed by atoms with van der Waals surface area (Å²) < 4.78 is 0. The molecule has 0 saturated carbocycles. The predicted molar refractivity (Wildman–Crippen MR) is 74.3 cm³/mol. The molecule has 7 nitrogen and oxygen atoms in total. The van der Waals surface area contributed by atoms with Gasteiger partial charge in [0.2, 0.25) is 5.91 Å². The fraction of sp³-hybridized carbons (Fsp3) is 0.214. The van der Waals surface area contributed by atoms with Gasteiger partial charge in [-0.05, 0) is 12.1 Å². The number of hydrogen-bond donors (Lipinski definition) is 1. The Balaban J connectivity index is 1.54. The van der Waals surface area contributed by atoms with Gasteiger partial charge in [-0.15, -0.1) is 0 Å². The molecule has 1 aliphatic heterocycles. The Kier molecular flexibility index (Phi) is 3.55. The summed E-state index contributed by atoms with van der Waals surface area (Å²) in [6, 6.07) is 3.52. The van der Waals surface area contributed by atoms with Gasteiger partial charge in [-0.3, -0.25) is 19.6 Å². The van der Waals surface area contributed by atoms with Crippen LogP contribution in [-0.2, 0) is 4.79 Å². The zero-order valence-corrected chi connectivity index (χ0v) is 11.1. The van der Waals surface area contributed by atoms with Gasteiger partial charge in [0.05, 0.1) is 24.0 Å². The number of nitrogens with one attached hydrogen (secondary N) is 1. The summed E-state index contributed by atoms with van der Waals surface area (Å²) in [4.78, 5) is 37.4. The SMILES string of the molecule is O=C(Nc1cccnc1)C1CN(C(=O)c2cnccn2)C1. The molecular formula is C14H13N5O2. The van der Waals surface area contributed by atoms with E-state index in [1.807, 2.05) is 0 Å². The summed E-state index contributed by atoms with van der Waals surface area (Å²) in [5.41, 5.74) is 0.949. The topological polar surface area (TPSA) is 88.1 Å². The molecule has 21 heavy (non-hydrogen) atoms. The van der Waals surface area contributed by atoms with Crippen LogP contribution in [0.25, 0.3) is 0 Å². The number of rotatable bonds is 3. The second-order valence-electron chi connectivity index (χ2n) is 4.73. The molecule has 0 aliphatic carbocycles. The third kappa shape index (κ3) is 2.86. The van der Waals surface area contributed by atoms with Gasteiger partial charge in [-0.2, -0.15) is 0 Å². The zero-order valence-electron chi connectivity index (χ0n) is 11.1. The van der Waals surface area contributed by atoms with Crippen LogP contribution in [0.2, 0.25) is 0 Å². The van der Waals surface area contributed by atoms with E-state index in [1.165, 1.54) is 18.6 Å². The molecule has 0 atom stereocenters. The Morgan fingerprint density at radius 3 is 2.62 bits per heavy atom. The zero-order chi connectivity index (χ0) is 14.7. The molecule has 1 N–H and O–H groups in total. The quantitative estimate of drug-likeness (QED) is 0.890. The van der Waals surface area contributed by atoms with Gasteiger partial charge in [-0.25, -0.2) is 4.98 Å². The van der Waals surface area contributed by atoms with Crippen LogP contribution in [0.4, 0.5) is 5.69 Å². The first-order chi connectivity index (χ1) is 10.2. The Bertz CT molecular complexity index is 641. The van der Waals surface area contributed by atoms with Crippen molar-refractivity contribution in [2.24, 2.45) is 5.92 Å². The Morgan fingerprint density at radius 2 is 1.95 bits per heavy atom. The minimum absolute atomic E-state index is 0.105. The number of hydrogen-bond acceptors (Lipinski definition) is 5. The third-order valence-corrected chi connectivity index (χ3v) is 3.25. The van der Waals surface area contributed by atoms with E-state index in [0.29, 0.717) is 24.5 Å². The van der Waals surface area contributed by atoms with Gasteiger partial charge < -0.3 is 10.2 Å². The molecule has 1 fully saturated rings. The first kappa shape index (κ1) is 13.2. The summed E-state index contributed by atoms with van der Waals surface area (Å²) in [7, 11) is 0. The second-order valence-corrected chi connectivity index (χ2v) is 4.73. The highest BCUT2D eigenvalue weighted by Gasteiger charge is 2.36. The normalized spacial score (nSPS) is 14.4. The van der Waals surface area contributed by atoms with Crippen molar-refractivity contribution in [3.63, 3.8) is 0 Å². The smallest absolute Gasteiger partial charge is 0.274 e. The van der Waals surface area contributed by atoms with Crippen molar-refractivity contribution in [3.8, 4) is 0 Å². The highest BCUT2D eigenvalue weighted by atomic mass is 16.2. The fourth-order valence-electron chi connectivity index (χ4n) is 2.06. The summed E-state index contributed by atoms with van der Waals surface area (Å²) in [6.07, 6.45) is 7.63. The molecule has 2 aromatic rings. The first-order valence-electron chi connectivity index (χ1n) is 6.50. The number of aromatic nitrogens is 3. The van der Waals surface area contributed by atoms with Gasteiger partial charge in [-0.1, -0.05) is 0 Å². The van der Waals surface area contributed by atoms with E-state index in [9.17, 15) is 9.59 Å². The van der Waals surface area contributed by atoms with Gasteiger partial charge in [0.25, 0.3) is 5.91 Å². The number of carbonyl (C=O) groups excluding carboxylic acids is 2. The van der Waals surface area contributed by atoms with Crippen molar-refractivity contribution in [2.75, 3.05) is 18.4 Å². The average Bonchev–Trinajstić information content (AvgIpc) is 2.47. The van der Waals surface area contributed by atoms with Crippen LogP contribution in [0.1, 0.15) is 10.5 Å². The molecule has 2 aromatic heterocycles. The molecule has 0 aromatic carbocycles. The summed E-state index contributed by atoms with van der Waals surface area (Å²) >= 11 is 0. The second kappa shape index (κ2) is 5.66. The number of likely N-dealkylation sites (tertiary alicyclic amines) is 1. The lowest BCUT2D eigenvalue weighted by atomic mass is 9.98. The van der Waals surface area contributed by atoms with Crippen LogP contribution in [0.5, 0.6) is 0 Å². The van der Waals surface area contributed by atoms with Gasteiger partial charge >= 0.3 is 0 Å². The maximum atomic E-state index is 12.0. The molecule has 3 heterocycles. The van der Waals surface area contributed by atoms with E-state index in [1.54, 1.807) is 29.4 Å². The molecule has 0 spiro atoms. The van der Waals surface area contributed by atoms with E-state index in [2.05, 4.69) is 20.3 Å². The van der Waals surface area contributed by atoms with Gasteiger partial charge in [0, 0.05) is 31.7 Å². The lowest BCUT2D eigenvalue weighted by Gasteiger charge is -2.37. The monoisotopic (exact) mass is 283 g/mol. The molecule has 0 bridgehead atoms. The Morgan fingerprint density at radius 1 is 1.14 bits per heavy atom. The van der Waals surface area contributed by atoms with E-state index in [4.69, 9.17) is 0 Å². The number of pyridine rings is 1. The predicted octanol–water partition coefficient (Wildman–Crippen LogP) is 0.582. The number of anilines is 1. The highest BCUT2D eigenvalue weighted by molar-refractivity contribution is 5.97. The minimum atomic E-state index is -0.203. The van der Waals surface area contributed by atoms with Crippen LogP contribution in [0, 0.1) is 5.92 Å². The van der Waals surface area contributed by atoms with Crippen molar-refractivity contribution in [1.82, 2.24) is 19.9 Å². The van der Waals surface area contributed by atoms with Crippen LogP contribution < -0.4 is 5.32 Å². The van der Waals surface area contributed by atoms with Crippen molar-refractivity contribution in [3.05, 3.63) is 48.8 Å². The fourth-order valence-corrected chi connectivity index (χ4v) is 2.06. The molecule has 3 rings (SSSR count). The maximum Gasteiger partial charge on any atom is 0.274 e. The lowest BCUT2D eigenvalue weighted by Crippen LogP contribution is -2.54. The minimum Gasteiger partial charge on any atom is -0.336 e. The van der Waals surface area contributed by atoms with Crippen molar-refractivity contribution in [1.29, 1.82) is 0 Å². The van der Waals surface area contributed by atoms with E-state index >= 15 is 0 Å². The molecule has 2 amide bonds. The Labute approximate surface area is 121 Å². The van der Waals surface area contributed by atoms with E-state index in [-0.39, 0.29) is 17.7 Å². The van der Waals surface area contributed by atoms with Crippen LogP contribution in [0.15, 0.2) is 43.1 Å². The van der Waals surface area contributed by atoms with Crippen LogP contribution in [-0.4, -0.2) is 44.8 Å². The highest BCUT2D eigenvalue weighted by Crippen LogP contribution is 2.19. The Hall–Kier alpha value is -2.83. The maximum absolute atomic E-state index is 12.0.